The van der Waals surface area contributed by atoms with Crippen molar-refractivity contribution in [3.63, 3.8) is 0 Å². The highest BCUT2D eigenvalue weighted by Gasteiger charge is 2.19. The lowest BCUT2D eigenvalue weighted by atomic mass is 9.98. The number of amides is 1. The molecule has 3 aromatic carbocycles. The first-order chi connectivity index (χ1) is 13.5. The summed E-state index contributed by atoms with van der Waals surface area (Å²) in [6.45, 7) is 3.99. The number of aryl methyl sites for hydroxylation is 1. The molecule has 28 heavy (non-hydrogen) atoms. The Hall–Kier alpha value is -2.85. The molecule has 1 fully saturated rings. The summed E-state index contributed by atoms with van der Waals surface area (Å²) in [7, 11) is 2.12. The number of phenolic OH excluding ortho intramolecular Hbond substituents is 1. The number of rotatable bonds is 3. The van der Waals surface area contributed by atoms with E-state index in [9.17, 15) is 9.90 Å². The highest BCUT2D eigenvalue weighted by molar-refractivity contribution is 5.95. The molecule has 0 bridgehead atoms. The Morgan fingerprint density at radius 2 is 1.68 bits per heavy atom. The van der Waals surface area contributed by atoms with Gasteiger partial charge < -0.3 is 15.3 Å². The largest absolute Gasteiger partial charge is 0.508 e. The molecule has 1 aliphatic rings. The predicted molar refractivity (Wildman–Crippen MR) is 114 cm³/mol. The van der Waals surface area contributed by atoms with Crippen LogP contribution in [0, 0.1) is 6.92 Å². The zero-order valence-corrected chi connectivity index (χ0v) is 16.4. The van der Waals surface area contributed by atoms with Crippen molar-refractivity contribution in [2.45, 2.75) is 25.8 Å². The van der Waals surface area contributed by atoms with Gasteiger partial charge >= 0.3 is 0 Å². The first-order valence-corrected chi connectivity index (χ1v) is 9.83. The van der Waals surface area contributed by atoms with E-state index >= 15 is 0 Å². The number of carbonyl (C=O) groups is 1. The molecule has 1 heterocycles. The van der Waals surface area contributed by atoms with Crippen molar-refractivity contribution in [1.29, 1.82) is 0 Å². The molecule has 0 spiro atoms. The fourth-order valence-electron chi connectivity index (χ4n) is 3.89. The Kier molecular flexibility index (Phi) is 5.05. The lowest BCUT2D eigenvalue weighted by Crippen LogP contribution is -2.43. The minimum Gasteiger partial charge on any atom is -0.508 e. The molecule has 1 amide bonds. The van der Waals surface area contributed by atoms with Crippen molar-refractivity contribution in [3.05, 3.63) is 65.7 Å². The summed E-state index contributed by atoms with van der Waals surface area (Å²) >= 11 is 0. The van der Waals surface area contributed by atoms with Gasteiger partial charge in [-0.15, -0.1) is 0 Å². The van der Waals surface area contributed by atoms with Crippen LogP contribution in [0.15, 0.2) is 54.6 Å². The smallest absolute Gasteiger partial charge is 0.251 e. The zero-order valence-electron chi connectivity index (χ0n) is 16.4. The van der Waals surface area contributed by atoms with Gasteiger partial charge in [0, 0.05) is 11.6 Å². The lowest BCUT2D eigenvalue weighted by molar-refractivity contribution is 0.0917. The molecule has 4 heteroatoms. The number of nitrogens with one attached hydrogen (secondary N) is 1. The first kappa shape index (κ1) is 18.5. The fourth-order valence-corrected chi connectivity index (χ4v) is 3.89. The minimum atomic E-state index is 0.00529. The van der Waals surface area contributed by atoms with Crippen molar-refractivity contribution in [2.24, 2.45) is 0 Å². The van der Waals surface area contributed by atoms with Crippen molar-refractivity contribution >= 4 is 16.7 Å². The number of hydrogen-bond donors (Lipinski definition) is 2. The maximum Gasteiger partial charge on any atom is 0.251 e. The molecule has 0 saturated carbocycles. The number of likely N-dealkylation sites (tertiary alicyclic amines) is 1. The van der Waals surface area contributed by atoms with Crippen molar-refractivity contribution < 1.29 is 9.90 Å². The Balaban J connectivity index is 1.50. The quantitative estimate of drug-likeness (QED) is 0.717. The van der Waals surface area contributed by atoms with E-state index in [-0.39, 0.29) is 11.9 Å². The Morgan fingerprint density at radius 1 is 1.00 bits per heavy atom. The molecule has 1 saturated heterocycles. The molecule has 0 radical (unpaired) electrons. The number of aromatic hydroxyl groups is 1. The maximum absolute atomic E-state index is 12.5. The number of piperidine rings is 1. The van der Waals surface area contributed by atoms with Crippen LogP contribution in [0.3, 0.4) is 0 Å². The molecule has 0 aliphatic carbocycles. The van der Waals surface area contributed by atoms with E-state index in [1.165, 1.54) is 0 Å². The van der Waals surface area contributed by atoms with Crippen LogP contribution in [0.25, 0.3) is 21.9 Å². The first-order valence-electron chi connectivity index (χ1n) is 9.83. The Bertz CT molecular complexity index is 1000. The Labute approximate surface area is 165 Å². The van der Waals surface area contributed by atoms with Gasteiger partial charge in [-0.25, -0.2) is 0 Å². The van der Waals surface area contributed by atoms with Gasteiger partial charge in [0.05, 0.1) is 0 Å². The summed E-state index contributed by atoms with van der Waals surface area (Å²) in [6.07, 6.45) is 2.01. The van der Waals surface area contributed by atoms with E-state index in [1.54, 1.807) is 6.07 Å². The molecular weight excluding hydrogens is 348 g/mol. The van der Waals surface area contributed by atoms with Crippen molar-refractivity contribution in [2.75, 3.05) is 20.1 Å². The standard InChI is InChI=1S/C24H26N2O2/c1-16-22-9-7-19(15-20(22)8-10-23(16)27)17-3-5-18(6-4-17)24(28)25-21-11-13-26(2)14-12-21/h3-10,15,21,27H,11-14H2,1-2H3,(H,25,28). The predicted octanol–water partition coefficient (Wildman–Crippen LogP) is 4.34. The maximum atomic E-state index is 12.5. The van der Waals surface area contributed by atoms with Gasteiger partial charge in [0.25, 0.3) is 5.91 Å². The van der Waals surface area contributed by atoms with Crippen LogP contribution in [-0.2, 0) is 0 Å². The van der Waals surface area contributed by atoms with E-state index in [0.717, 1.165) is 53.4 Å². The highest BCUT2D eigenvalue weighted by atomic mass is 16.3. The average molecular weight is 374 g/mol. The molecule has 0 aromatic heterocycles. The van der Waals surface area contributed by atoms with E-state index in [2.05, 4.69) is 29.4 Å². The summed E-state index contributed by atoms with van der Waals surface area (Å²) in [6, 6.07) is 17.9. The lowest BCUT2D eigenvalue weighted by Gasteiger charge is -2.29. The fraction of sp³-hybridized carbons (Fsp3) is 0.292. The second-order valence-electron chi connectivity index (χ2n) is 7.77. The summed E-state index contributed by atoms with van der Waals surface area (Å²) in [5.74, 6) is 0.325. The van der Waals surface area contributed by atoms with E-state index in [4.69, 9.17) is 0 Å². The number of nitrogens with zero attached hydrogens (tertiary/aromatic N) is 1. The number of phenols is 1. The molecule has 3 aromatic rings. The summed E-state index contributed by atoms with van der Waals surface area (Å²) in [5, 5.41) is 15.2. The number of fused-ring (bicyclic) bond motifs is 1. The van der Waals surface area contributed by atoms with Gasteiger partial charge in [-0.05, 0) is 91.6 Å². The van der Waals surface area contributed by atoms with Crippen molar-refractivity contribution in [1.82, 2.24) is 10.2 Å². The molecule has 4 nitrogen and oxygen atoms in total. The van der Waals surface area contributed by atoms with Crippen LogP contribution < -0.4 is 5.32 Å². The second-order valence-corrected chi connectivity index (χ2v) is 7.77. The van der Waals surface area contributed by atoms with Crippen molar-refractivity contribution in [3.8, 4) is 16.9 Å². The van der Waals surface area contributed by atoms with Gasteiger partial charge in [0.15, 0.2) is 0 Å². The van der Waals surface area contributed by atoms with Gasteiger partial charge in [-0.2, -0.15) is 0 Å². The highest BCUT2D eigenvalue weighted by Crippen LogP contribution is 2.30. The number of hydrogen-bond acceptors (Lipinski definition) is 3. The third kappa shape index (κ3) is 3.73. The normalized spacial score (nSPS) is 15.6. The molecular formula is C24H26N2O2. The minimum absolute atomic E-state index is 0.00529. The van der Waals surface area contributed by atoms with Crippen LogP contribution in [-0.4, -0.2) is 42.1 Å². The van der Waals surface area contributed by atoms with E-state index in [1.807, 2.05) is 43.3 Å². The van der Waals surface area contributed by atoms with Crippen LogP contribution in [0.5, 0.6) is 5.75 Å². The summed E-state index contributed by atoms with van der Waals surface area (Å²) in [5.41, 5.74) is 3.76. The molecule has 144 valence electrons. The third-order valence-corrected chi connectivity index (χ3v) is 5.79. The SMILES string of the molecule is Cc1c(O)ccc2cc(-c3ccc(C(=O)NC4CCN(C)CC4)cc3)ccc12. The van der Waals surface area contributed by atoms with Crippen LogP contribution in [0.1, 0.15) is 28.8 Å². The zero-order chi connectivity index (χ0) is 19.7. The number of benzene rings is 3. The number of carbonyl (C=O) groups excluding carboxylic acids is 1. The average Bonchev–Trinajstić information content (AvgIpc) is 2.72. The monoisotopic (exact) mass is 374 g/mol. The Morgan fingerprint density at radius 3 is 2.39 bits per heavy atom. The van der Waals surface area contributed by atoms with E-state index < -0.39 is 0 Å². The third-order valence-electron chi connectivity index (χ3n) is 5.79. The topological polar surface area (TPSA) is 52.6 Å². The second kappa shape index (κ2) is 7.64. The molecule has 0 atom stereocenters. The molecule has 2 N–H and O–H groups in total. The van der Waals surface area contributed by atoms with Crippen LogP contribution >= 0.6 is 0 Å². The van der Waals surface area contributed by atoms with Crippen LogP contribution in [0.4, 0.5) is 0 Å². The molecule has 0 unspecified atom stereocenters. The molecule has 4 rings (SSSR count). The summed E-state index contributed by atoms with van der Waals surface area (Å²) < 4.78 is 0. The van der Waals surface area contributed by atoms with Gasteiger partial charge in [-0.1, -0.05) is 30.3 Å². The summed E-state index contributed by atoms with van der Waals surface area (Å²) in [4.78, 5) is 14.8. The van der Waals surface area contributed by atoms with Gasteiger partial charge in [0.1, 0.15) is 5.75 Å². The van der Waals surface area contributed by atoms with Gasteiger partial charge in [0.2, 0.25) is 0 Å². The van der Waals surface area contributed by atoms with Gasteiger partial charge in [-0.3, -0.25) is 4.79 Å². The molecule has 1 aliphatic heterocycles. The van der Waals surface area contributed by atoms with Crippen LogP contribution in [0.2, 0.25) is 0 Å². The van der Waals surface area contributed by atoms with E-state index in [0.29, 0.717) is 11.3 Å².